The molecule has 4 rings (SSSR count). The number of hydrogen-bond acceptors (Lipinski definition) is 6. The van der Waals surface area contributed by atoms with Crippen LogP contribution in [0.2, 0.25) is 0 Å². The van der Waals surface area contributed by atoms with Crippen LogP contribution in [0.15, 0.2) is 54.6 Å². The van der Waals surface area contributed by atoms with E-state index in [1.165, 1.54) is 24.3 Å². The van der Waals surface area contributed by atoms with Crippen LogP contribution < -0.4 is 10.2 Å². The first kappa shape index (κ1) is 24.4. The lowest BCUT2D eigenvalue weighted by Gasteiger charge is -2.35. The van der Waals surface area contributed by atoms with Crippen molar-refractivity contribution in [3.8, 4) is 16.9 Å². The Morgan fingerprint density at radius 3 is 2.40 bits per heavy atom. The summed E-state index contributed by atoms with van der Waals surface area (Å²) in [6.07, 6.45) is -4.50. The lowest BCUT2D eigenvalue weighted by atomic mass is 10.0. The number of carbonyl (C=O) groups is 1. The summed E-state index contributed by atoms with van der Waals surface area (Å²) in [5.74, 6) is -0.693. The molecule has 0 atom stereocenters. The summed E-state index contributed by atoms with van der Waals surface area (Å²) in [6.45, 7) is 1.75. The Bertz CT molecular complexity index is 1180. The van der Waals surface area contributed by atoms with Gasteiger partial charge in [-0.25, -0.2) is 4.39 Å². The summed E-state index contributed by atoms with van der Waals surface area (Å²) in [4.78, 5) is 15.9. The van der Waals surface area contributed by atoms with Crippen molar-refractivity contribution in [1.82, 2.24) is 20.4 Å². The second-order valence-corrected chi connectivity index (χ2v) is 8.20. The zero-order valence-corrected chi connectivity index (χ0v) is 18.6. The van der Waals surface area contributed by atoms with Crippen molar-refractivity contribution in [2.45, 2.75) is 12.7 Å². The summed E-state index contributed by atoms with van der Waals surface area (Å²) < 4.78 is 51.4. The number of aromatic nitrogens is 2. The number of aromatic hydroxyl groups is 1. The molecule has 2 aromatic carbocycles. The van der Waals surface area contributed by atoms with Crippen LogP contribution in [0.4, 0.5) is 23.4 Å². The van der Waals surface area contributed by atoms with Crippen LogP contribution in [-0.2, 0) is 6.54 Å². The highest BCUT2D eigenvalue weighted by atomic mass is 19.4. The van der Waals surface area contributed by atoms with Gasteiger partial charge in [-0.05, 0) is 41.5 Å². The van der Waals surface area contributed by atoms with E-state index in [1.807, 2.05) is 11.0 Å². The van der Waals surface area contributed by atoms with Gasteiger partial charge in [-0.1, -0.05) is 24.3 Å². The number of halogens is 4. The van der Waals surface area contributed by atoms with E-state index in [-0.39, 0.29) is 17.3 Å². The third kappa shape index (κ3) is 6.44. The van der Waals surface area contributed by atoms with Gasteiger partial charge in [0.05, 0.1) is 0 Å². The molecule has 0 spiro atoms. The molecule has 1 aromatic heterocycles. The quantitative estimate of drug-likeness (QED) is 0.515. The number of anilines is 1. The molecule has 1 aliphatic rings. The number of phenolic OH excluding ortho intramolecular Hbond substituents is 1. The van der Waals surface area contributed by atoms with Gasteiger partial charge in [0.2, 0.25) is 0 Å². The maximum atomic E-state index is 14.7. The molecule has 0 unspecified atom stereocenters. The number of amides is 1. The number of alkyl halides is 3. The fourth-order valence-corrected chi connectivity index (χ4v) is 3.84. The Kier molecular flexibility index (Phi) is 7.15. The highest BCUT2D eigenvalue weighted by Crippen LogP contribution is 2.27. The molecule has 7 nitrogen and oxygen atoms in total. The first-order chi connectivity index (χ1) is 16.7. The third-order valence-corrected chi connectivity index (χ3v) is 5.63. The van der Waals surface area contributed by atoms with Crippen LogP contribution in [-0.4, -0.2) is 65.0 Å². The fourth-order valence-electron chi connectivity index (χ4n) is 3.84. The number of nitrogens with zero attached hydrogens (tertiary/aromatic N) is 4. The number of benzene rings is 2. The third-order valence-electron chi connectivity index (χ3n) is 5.63. The maximum absolute atomic E-state index is 14.7. The molecule has 35 heavy (non-hydrogen) atoms. The summed E-state index contributed by atoms with van der Waals surface area (Å²) >= 11 is 0. The van der Waals surface area contributed by atoms with Crippen molar-refractivity contribution in [3.05, 3.63) is 71.7 Å². The van der Waals surface area contributed by atoms with Crippen LogP contribution in [0.3, 0.4) is 0 Å². The second-order valence-electron chi connectivity index (χ2n) is 8.20. The van der Waals surface area contributed by atoms with E-state index in [4.69, 9.17) is 0 Å². The molecule has 0 aliphatic carbocycles. The molecule has 2 heterocycles. The van der Waals surface area contributed by atoms with Gasteiger partial charge in [0.15, 0.2) is 11.5 Å². The van der Waals surface area contributed by atoms with Crippen molar-refractivity contribution < 1.29 is 27.5 Å². The van der Waals surface area contributed by atoms with Crippen molar-refractivity contribution in [2.75, 3.05) is 37.6 Å². The molecular formula is C24H23F4N5O2. The van der Waals surface area contributed by atoms with Crippen LogP contribution in [0, 0.1) is 5.82 Å². The Balaban J connectivity index is 1.30. The largest absolute Gasteiger partial charge is 0.508 e. The van der Waals surface area contributed by atoms with E-state index in [1.54, 1.807) is 29.6 Å². The predicted octanol–water partition coefficient (Wildman–Crippen LogP) is 3.60. The maximum Gasteiger partial charge on any atom is 0.405 e. The van der Waals surface area contributed by atoms with Gasteiger partial charge in [0.1, 0.15) is 18.1 Å². The van der Waals surface area contributed by atoms with E-state index in [0.29, 0.717) is 49.7 Å². The first-order valence-corrected chi connectivity index (χ1v) is 10.9. The lowest BCUT2D eigenvalue weighted by Crippen LogP contribution is -2.46. The summed E-state index contributed by atoms with van der Waals surface area (Å²) in [6, 6.07) is 14.4. The molecule has 2 N–H and O–H groups in total. The Morgan fingerprint density at radius 1 is 1.00 bits per heavy atom. The molecule has 0 bridgehead atoms. The van der Waals surface area contributed by atoms with Gasteiger partial charge >= 0.3 is 6.18 Å². The molecular weight excluding hydrogens is 466 g/mol. The van der Waals surface area contributed by atoms with Gasteiger partial charge in [0, 0.05) is 38.3 Å². The van der Waals surface area contributed by atoms with Crippen molar-refractivity contribution in [2.24, 2.45) is 0 Å². The average Bonchev–Trinajstić information content (AvgIpc) is 2.83. The molecule has 0 saturated carbocycles. The number of hydrogen-bond donors (Lipinski definition) is 2. The molecule has 1 amide bonds. The first-order valence-electron chi connectivity index (χ1n) is 10.9. The molecule has 1 aliphatic heterocycles. The fraction of sp³-hybridized carbons (Fsp3) is 0.292. The topological polar surface area (TPSA) is 81.6 Å². The van der Waals surface area contributed by atoms with Gasteiger partial charge in [-0.3, -0.25) is 9.69 Å². The van der Waals surface area contributed by atoms with E-state index < -0.39 is 18.6 Å². The molecule has 3 aromatic rings. The number of carbonyl (C=O) groups excluding carboxylic acids is 1. The highest BCUT2D eigenvalue weighted by molar-refractivity contribution is 5.92. The van der Waals surface area contributed by atoms with Gasteiger partial charge < -0.3 is 15.3 Å². The standard InChI is InChI=1S/C24H23F4N5O2/c25-20-12-16(4-5-19(20)17-2-1-3-18(34)13-17)14-32-8-10-33(11-9-32)22-7-6-21(30-31-22)23(35)29-15-24(26,27)28/h1-7,12-13,34H,8-11,14-15H2,(H,29,35). The van der Waals surface area contributed by atoms with E-state index in [2.05, 4.69) is 15.1 Å². The number of nitrogens with one attached hydrogen (secondary N) is 1. The van der Waals surface area contributed by atoms with Crippen LogP contribution in [0.5, 0.6) is 5.75 Å². The Hall–Kier alpha value is -3.73. The van der Waals surface area contributed by atoms with Crippen LogP contribution in [0.25, 0.3) is 11.1 Å². The molecule has 0 radical (unpaired) electrons. The zero-order valence-electron chi connectivity index (χ0n) is 18.6. The monoisotopic (exact) mass is 489 g/mol. The predicted molar refractivity (Wildman–Crippen MR) is 121 cm³/mol. The molecule has 11 heteroatoms. The van der Waals surface area contributed by atoms with Crippen molar-refractivity contribution >= 4 is 11.7 Å². The van der Waals surface area contributed by atoms with E-state index in [0.717, 1.165) is 5.56 Å². The van der Waals surface area contributed by atoms with Crippen LogP contribution in [0.1, 0.15) is 16.1 Å². The smallest absolute Gasteiger partial charge is 0.405 e. The van der Waals surface area contributed by atoms with E-state index >= 15 is 0 Å². The molecule has 184 valence electrons. The summed E-state index contributed by atoms with van der Waals surface area (Å²) in [5.41, 5.74) is 1.66. The minimum absolute atomic E-state index is 0.0768. The Morgan fingerprint density at radius 2 is 1.77 bits per heavy atom. The summed E-state index contributed by atoms with van der Waals surface area (Å²) in [5, 5.41) is 19.1. The second kappa shape index (κ2) is 10.3. The van der Waals surface area contributed by atoms with Crippen molar-refractivity contribution in [3.63, 3.8) is 0 Å². The zero-order chi connectivity index (χ0) is 25.0. The van der Waals surface area contributed by atoms with Gasteiger partial charge in [-0.2, -0.15) is 13.2 Å². The number of phenols is 1. The average molecular weight is 489 g/mol. The summed E-state index contributed by atoms with van der Waals surface area (Å²) in [7, 11) is 0. The minimum Gasteiger partial charge on any atom is -0.508 e. The Labute approximate surface area is 199 Å². The minimum atomic E-state index is -4.50. The van der Waals surface area contributed by atoms with Gasteiger partial charge in [0.25, 0.3) is 5.91 Å². The van der Waals surface area contributed by atoms with Crippen molar-refractivity contribution in [1.29, 1.82) is 0 Å². The molecule has 1 saturated heterocycles. The van der Waals surface area contributed by atoms with Crippen LogP contribution >= 0.6 is 0 Å². The molecule has 1 fully saturated rings. The lowest BCUT2D eigenvalue weighted by molar-refractivity contribution is -0.123. The van der Waals surface area contributed by atoms with Gasteiger partial charge in [-0.15, -0.1) is 10.2 Å². The normalized spacial score (nSPS) is 14.7. The highest BCUT2D eigenvalue weighted by Gasteiger charge is 2.28. The number of rotatable bonds is 6. The number of piperazine rings is 1. The SMILES string of the molecule is O=C(NCC(F)(F)F)c1ccc(N2CCN(Cc3ccc(-c4cccc(O)c4)c(F)c3)CC2)nn1. The van der Waals surface area contributed by atoms with E-state index in [9.17, 15) is 27.5 Å².